The standard InChI is InChI=1S/C61H59N3O/c1-38(2)42-19-21-44(22-20-42)47-29-30-62-55(37-47)50-34-48(43-15-12-11-13-16-43)33-49(35-50)52-17-14-18-57-58(52)63-60(54-32-40(5)31-41(6)59(54)65-10)64(57)56-28-25-46(39(3)4)36-53(56)45-23-26-51(27-24-45)61(7,8)9/h11-39H,1-10H3/i38D,39D. The number of benzene rings is 7. The minimum Gasteiger partial charge on any atom is -0.496 e. The van der Waals surface area contributed by atoms with Crippen molar-refractivity contribution in [3.05, 3.63) is 192 Å². The lowest BCUT2D eigenvalue weighted by molar-refractivity contribution is 0.413. The number of hydrogen-bond donors (Lipinski definition) is 0. The molecule has 4 heteroatoms. The second kappa shape index (κ2) is 17.5. The van der Waals surface area contributed by atoms with Crippen LogP contribution in [0.2, 0.25) is 0 Å². The average Bonchev–Trinajstić information content (AvgIpc) is 3.70. The number of ether oxygens (including phenoxy) is 1. The Hall–Kier alpha value is -7.04. The molecule has 2 heterocycles. The highest BCUT2D eigenvalue weighted by atomic mass is 16.5. The molecule has 0 saturated carbocycles. The van der Waals surface area contributed by atoms with Crippen LogP contribution in [0.25, 0.3) is 83.9 Å². The minimum absolute atomic E-state index is 0.000718. The number of methoxy groups -OCH3 is 1. The highest BCUT2D eigenvalue weighted by Crippen LogP contribution is 2.43. The van der Waals surface area contributed by atoms with E-state index in [-0.39, 0.29) is 5.41 Å². The molecule has 0 aliphatic rings. The molecule has 324 valence electrons. The normalized spacial score (nSPS) is 12.6. The van der Waals surface area contributed by atoms with Gasteiger partial charge < -0.3 is 4.74 Å². The first-order chi connectivity index (χ1) is 31.9. The van der Waals surface area contributed by atoms with E-state index in [4.69, 9.17) is 17.4 Å². The van der Waals surface area contributed by atoms with Gasteiger partial charge in [0.05, 0.1) is 35.1 Å². The monoisotopic (exact) mass is 851 g/mol. The molecule has 0 aliphatic heterocycles. The van der Waals surface area contributed by atoms with Crippen LogP contribution < -0.4 is 4.74 Å². The van der Waals surface area contributed by atoms with E-state index in [1.165, 1.54) is 5.56 Å². The van der Waals surface area contributed by atoms with Crippen LogP contribution in [0.1, 0.15) is 90.8 Å². The summed E-state index contributed by atoms with van der Waals surface area (Å²) in [6, 6.07) is 55.9. The maximum atomic E-state index is 9.12. The van der Waals surface area contributed by atoms with Gasteiger partial charge >= 0.3 is 0 Å². The lowest BCUT2D eigenvalue weighted by Gasteiger charge is -2.21. The number of para-hydroxylation sites is 1. The van der Waals surface area contributed by atoms with Gasteiger partial charge in [0.15, 0.2) is 0 Å². The van der Waals surface area contributed by atoms with Crippen molar-refractivity contribution in [2.45, 2.75) is 79.5 Å². The summed E-state index contributed by atoms with van der Waals surface area (Å²) < 4.78 is 26.2. The first-order valence-electron chi connectivity index (χ1n) is 23.6. The first-order valence-corrected chi connectivity index (χ1v) is 22.6. The van der Waals surface area contributed by atoms with Crippen molar-refractivity contribution < 1.29 is 7.48 Å². The molecule has 0 fully saturated rings. The Morgan fingerprint density at radius 1 is 0.554 bits per heavy atom. The number of aryl methyl sites for hydroxylation is 2. The van der Waals surface area contributed by atoms with Gasteiger partial charge in [-0.25, -0.2) is 4.98 Å². The van der Waals surface area contributed by atoms with Crippen LogP contribution >= 0.6 is 0 Å². The van der Waals surface area contributed by atoms with Crippen LogP contribution in [-0.4, -0.2) is 21.6 Å². The molecule has 9 aromatic rings. The summed E-state index contributed by atoms with van der Waals surface area (Å²) >= 11 is 0. The number of rotatable bonds is 10. The highest BCUT2D eigenvalue weighted by Gasteiger charge is 2.25. The van der Waals surface area contributed by atoms with Crippen molar-refractivity contribution in [3.8, 4) is 78.6 Å². The summed E-state index contributed by atoms with van der Waals surface area (Å²) in [7, 11) is 1.74. The lowest BCUT2D eigenvalue weighted by atomic mass is 9.86. The van der Waals surface area contributed by atoms with Crippen LogP contribution in [0, 0.1) is 13.8 Å². The van der Waals surface area contributed by atoms with E-state index in [1.54, 1.807) is 7.11 Å². The van der Waals surface area contributed by atoms with Gasteiger partial charge in [0.25, 0.3) is 0 Å². The Balaban J connectivity index is 1.30. The van der Waals surface area contributed by atoms with Crippen LogP contribution in [-0.2, 0) is 5.41 Å². The number of fused-ring (bicyclic) bond motifs is 1. The molecule has 0 amide bonds. The molecule has 65 heavy (non-hydrogen) atoms. The molecule has 9 rings (SSSR count). The van der Waals surface area contributed by atoms with Gasteiger partial charge in [-0.3, -0.25) is 9.55 Å². The van der Waals surface area contributed by atoms with Gasteiger partial charge in [0, 0.05) is 25.6 Å². The average molecular weight is 852 g/mol. The molecule has 7 aromatic carbocycles. The Morgan fingerprint density at radius 2 is 1.22 bits per heavy atom. The smallest absolute Gasteiger partial charge is 0.149 e. The topological polar surface area (TPSA) is 39.9 Å². The van der Waals surface area contributed by atoms with Crippen molar-refractivity contribution in [2.24, 2.45) is 0 Å². The summed E-state index contributed by atoms with van der Waals surface area (Å²) in [5.41, 5.74) is 19.2. The Bertz CT molecular complexity index is 3270. The molecular formula is C61H59N3O. The van der Waals surface area contributed by atoms with Gasteiger partial charge in [-0.1, -0.05) is 152 Å². The van der Waals surface area contributed by atoms with E-state index in [0.717, 1.165) is 112 Å². The van der Waals surface area contributed by atoms with E-state index in [1.807, 2.05) is 46.0 Å². The summed E-state index contributed by atoms with van der Waals surface area (Å²) in [5, 5.41) is 0. The predicted octanol–water partition coefficient (Wildman–Crippen LogP) is 16.6. The molecule has 0 bridgehead atoms. The highest BCUT2D eigenvalue weighted by molar-refractivity contribution is 5.98. The molecule has 0 atom stereocenters. The number of aromatic nitrogens is 3. The minimum atomic E-state index is -0.817. The maximum Gasteiger partial charge on any atom is 0.149 e. The van der Waals surface area contributed by atoms with Crippen molar-refractivity contribution in [3.63, 3.8) is 0 Å². The lowest BCUT2D eigenvalue weighted by Crippen LogP contribution is -2.10. The van der Waals surface area contributed by atoms with Crippen molar-refractivity contribution in [1.82, 2.24) is 14.5 Å². The van der Waals surface area contributed by atoms with E-state index in [2.05, 4.69) is 185 Å². The van der Waals surface area contributed by atoms with Crippen LogP contribution in [0.5, 0.6) is 5.75 Å². The predicted molar refractivity (Wildman–Crippen MR) is 274 cm³/mol. The van der Waals surface area contributed by atoms with Gasteiger partial charge in [-0.2, -0.15) is 0 Å². The molecule has 0 radical (unpaired) electrons. The zero-order valence-corrected chi connectivity index (χ0v) is 39.3. The third kappa shape index (κ3) is 8.54. The maximum absolute atomic E-state index is 9.12. The third-order valence-corrected chi connectivity index (χ3v) is 12.6. The molecule has 2 aromatic heterocycles. The largest absolute Gasteiger partial charge is 0.496 e. The first kappa shape index (κ1) is 40.7. The van der Waals surface area contributed by atoms with Crippen molar-refractivity contribution >= 4 is 11.0 Å². The SMILES string of the molecule is [2H]C(C)(C)c1ccc(-c2ccnc(-c3cc(-c4ccccc4)cc(-c4cccc5c4nc(-c4cc(C)cc(C)c4OC)n5-c4ccc(C([2H])(C)C)cc4-c4ccc(C(C)(C)C)cc4)c3)c2)cc1. The third-order valence-electron chi connectivity index (χ3n) is 12.6. The van der Waals surface area contributed by atoms with Gasteiger partial charge in [-0.05, 0) is 147 Å². The fourth-order valence-electron chi connectivity index (χ4n) is 9.06. The molecule has 0 aliphatic carbocycles. The van der Waals surface area contributed by atoms with Gasteiger partial charge in [0.1, 0.15) is 11.6 Å². The molecule has 0 spiro atoms. The van der Waals surface area contributed by atoms with Crippen molar-refractivity contribution in [2.75, 3.05) is 7.11 Å². The van der Waals surface area contributed by atoms with Crippen LogP contribution in [0.4, 0.5) is 0 Å². The summed E-state index contributed by atoms with van der Waals surface area (Å²) in [4.78, 5) is 10.6. The Morgan fingerprint density at radius 3 is 1.91 bits per heavy atom. The Kier molecular flexibility index (Phi) is 11.0. The van der Waals surface area contributed by atoms with E-state index in [0.29, 0.717) is 0 Å². The molecular weight excluding hydrogens is 791 g/mol. The number of pyridine rings is 1. The van der Waals surface area contributed by atoms with Crippen LogP contribution in [0.3, 0.4) is 0 Å². The second-order valence-electron chi connectivity index (χ2n) is 18.8. The Labute approximate surface area is 388 Å². The fourth-order valence-corrected chi connectivity index (χ4v) is 9.06. The van der Waals surface area contributed by atoms with E-state index < -0.39 is 11.8 Å². The zero-order chi connectivity index (χ0) is 47.4. The van der Waals surface area contributed by atoms with E-state index in [9.17, 15) is 0 Å². The molecule has 0 saturated heterocycles. The van der Waals surface area contributed by atoms with E-state index >= 15 is 0 Å². The zero-order valence-electron chi connectivity index (χ0n) is 41.3. The summed E-state index contributed by atoms with van der Waals surface area (Å²) in [6.45, 7) is 18.6. The van der Waals surface area contributed by atoms with Gasteiger partial charge in [0.2, 0.25) is 0 Å². The summed E-state index contributed by atoms with van der Waals surface area (Å²) in [6.07, 6.45) is 1.88. The summed E-state index contributed by atoms with van der Waals surface area (Å²) in [5.74, 6) is 0.0552. The molecule has 0 N–H and O–H groups in total. The second-order valence-corrected chi connectivity index (χ2v) is 18.8. The molecule has 0 unspecified atom stereocenters. The van der Waals surface area contributed by atoms with Crippen LogP contribution in [0.15, 0.2) is 164 Å². The quantitative estimate of drug-likeness (QED) is 0.138. The van der Waals surface area contributed by atoms with Crippen molar-refractivity contribution in [1.29, 1.82) is 0 Å². The number of nitrogens with zero attached hydrogens (tertiary/aromatic N) is 3. The fraction of sp³-hybridized carbons (Fsp3) is 0.213. The number of hydrogen-bond acceptors (Lipinski definition) is 3. The number of imidazole rings is 1. The molecule has 4 nitrogen and oxygen atoms in total. The van der Waals surface area contributed by atoms with Gasteiger partial charge in [-0.15, -0.1) is 0 Å².